The van der Waals surface area contributed by atoms with E-state index in [9.17, 15) is 28.9 Å². The van der Waals surface area contributed by atoms with Crippen LogP contribution in [-0.4, -0.2) is 61.4 Å². The molecular formula is C24H20FN7O5. The number of carbonyl (C=O) groups excluding carboxylic acids is 1. The zero-order valence-corrected chi connectivity index (χ0v) is 19.3. The monoisotopic (exact) mass is 505 g/mol. The van der Waals surface area contributed by atoms with Gasteiger partial charge in [0, 0.05) is 44.6 Å². The Morgan fingerprint density at radius 1 is 1.05 bits per heavy atom. The molecule has 0 radical (unpaired) electrons. The Bertz CT molecular complexity index is 1630. The molecule has 12 nitrogen and oxygen atoms in total. The van der Waals surface area contributed by atoms with E-state index in [-0.39, 0.29) is 28.7 Å². The highest BCUT2D eigenvalue weighted by atomic mass is 19.1. The molecule has 1 saturated heterocycles. The molecular weight excluding hydrogens is 485 g/mol. The molecule has 13 heteroatoms. The molecule has 1 aliphatic rings. The number of halogens is 1. The lowest BCUT2D eigenvalue weighted by atomic mass is 10.1. The first-order valence-corrected chi connectivity index (χ1v) is 11.3. The number of nitro groups is 1. The van der Waals surface area contributed by atoms with Crippen LogP contribution in [0.15, 0.2) is 64.4 Å². The van der Waals surface area contributed by atoms with E-state index in [0.717, 1.165) is 10.6 Å². The average Bonchev–Trinajstić information content (AvgIpc) is 2.91. The number of aromatic nitrogens is 4. The Morgan fingerprint density at radius 2 is 1.78 bits per heavy atom. The second-order valence-electron chi connectivity index (χ2n) is 8.42. The number of carbonyl (C=O) groups is 1. The highest BCUT2D eigenvalue weighted by molar-refractivity contribution is 5.98. The van der Waals surface area contributed by atoms with Crippen LogP contribution in [0, 0.1) is 15.9 Å². The van der Waals surface area contributed by atoms with E-state index in [1.165, 1.54) is 35.2 Å². The molecule has 1 N–H and O–H groups in total. The van der Waals surface area contributed by atoms with Crippen molar-refractivity contribution in [2.24, 2.45) is 0 Å². The molecule has 2 aromatic carbocycles. The fourth-order valence-corrected chi connectivity index (χ4v) is 4.38. The summed E-state index contributed by atoms with van der Waals surface area (Å²) in [5.41, 5.74) is -1.65. The molecule has 0 atom stereocenters. The summed E-state index contributed by atoms with van der Waals surface area (Å²) in [4.78, 5) is 63.0. The van der Waals surface area contributed by atoms with Crippen LogP contribution in [0.1, 0.15) is 15.9 Å². The zero-order chi connectivity index (χ0) is 26.1. The van der Waals surface area contributed by atoms with Crippen LogP contribution >= 0.6 is 0 Å². The molecule has 0 saturated carbocycles. The third-order valence-corrected chi connectivity index (χ3v) is 6.21. The molecule has 1 aliphatic heterocycles. The molecule has 0 unspecified atom stereocenters. The lowest BCUT2D eigenvalue weighted by molar-refractivity contribution is -0.385. The number of piperazine rings is 1. The molecule has 0 aliphatic carbocycles. The standard InChI is InChI=1S/C24H20FN7O5/c25-17-3-1-4-19-20(17)21(33)28-24(35)31(19)14-15-5-6-18(32(36)37)16(13-15)22(34)29-9-11-30(12-10-29)23-26-7-2-8-27-23/h1-8,13H,9-12,14H2,(H,28,33,35). The van der Waals surface area contributed by atoms with Crippen molar-refractivity contribution in [1.82, 2.24) is 24.4 Å². The number of H-pyrrole nitrogens is 1. The summed E-state index contributed by atoms with van der Waals surface area (Å²) in [6.45, 7) is 1.37. The largest absolute Gasteiger partial charge is 0.337 e. The lowest BCUT2D eigenvalue weighted by Crippen LogP contribution is -2.49. The predicted molar refractivity (Wildman–Crippen MR) is 131 cm³/mol. The first kappa shape index (κ1) is 23.8. The van der Waals surface area contributed by atoms with Gasteiger partial charge in [-0.2, -0.15) is 0 Å². The van der Waals surface area contributed by atoms with Gasteiger partial charge in [-0.15, -0.1) is 0 Å². The van der Waals surface area contributed by atoms with Crippen molar-refractivity contribution in [3.63, 3.8) is 0 Å². The van der Waals surface area contributed by atoms with Crippen LogP contribution in [0.5, 0.6) is 0 Å². The molecule has 1 amide bonds. The van der Waals surface area contributed by atoms with Gasteiger partial charge in [-0.25, -0.2) is 19.2 Å². The van der Waals surface area contributed by atoms with E-state index in [1.807, 2.05) is 4.90 Å². The maximum atomic E-state index is 14.3. The van der Waals surface area contributed by atoms with Gasteiger partial charge in [0.05, 0.1) is 22.4 Å². The predicted octanol–water partition coefficient (Wildman–Crippen LogP) is 1.54. The molecule has 37 heavy (non-hydrogen) atoms. The van der Waals surface area contributed by atoms with Gasteiger partial charge in [-0.1, -0.05) is 12.1 Å². The summed E-state index contributed by atoms with van der Waals surface area (Å²) in [6.07, 6.45) is 3.25. The molecule has 1 fully saturated rings. The number of aromatic amines is 1. The van der Waals surface area contributed by atoms with E-state index < -0.39 is 27.9 Å². The molecule has 0 bridgehead atoms. The van der Waals surface area contributed by atoms with Crippen LogP contribution in [0.25, 0.3) is 10.9 Å². The third-order valence-electron chi connectivity index (χ3n) is 6.21. The minimum atomic E-state index is -0.853. The fourth-order valence-electron chi connectivity index (χ4n) is 4.38. The minimum Gasteiger partial charge on any atom is -0.337 e. The van der Waals surface area contributed by atoms with Crippen molar-refractivity contribution in [1.29, 1.82) is 0 Å². The Kier molecular flexibility index (Phi) is 6.17. The highest BCUT2D eigenvalue weighted by Crippen LogP contribution is 2.24. The fraction of sp³-hybridized carbons (Fsp3) is 0.208. The molecule has 2 aromatic heterocycles. The van der Waals surface area contributed by atoms with Crippen molar-refractivity contribution in [3.05, 3.63) is 103 Å². The van der Waals surface area contributed by atoms with Gasteiger partial charge in [-0.3, -0.25) is 29.3 Å². The van der Waals surface area contributed by atoms with Crippen molar-refractivity contribution in [3.8, 4) is 0 Å². The number of benzene rings is 2. The number of fused-ring (bicyclic) bond motifs is 1. The normalized spacial score (nSPS) is 13.6. The Labute approximate surface area is 207 Å². The molecule has 0 spiro atoms. The molecule has 5 rings (SSSR count). The summed E-state index contributed by atoms with van der Waals surface area (Å²) < 4.78 is 15.4. The van der Waals surface area contributed by atoms with Crippen LogP contribution in [0.4, 0.5) is 16.0 Å². The second-order valence-corrected chi connectivity index (χ2v) is 8.42. The average molecular weight is 505 g/mol. The zero-order valence-electron chi connectivity index (χ0n) is 19.3. The number of amides is 1. The number of nitrogens with zero attached hydrogens (tertiary/aromatic N) is 6. The van der Waals surface area contributed by atoms with Crippen LogP contribution in [-0.2, 0) is 6.54 Å². The summed E-state index contributed by atoms with van der Waals surface area (Å²) in [5, 5.41) is 11.4. The summed E-state index contributed by atoms with van der Waals surface area (Å²) >= 11 is 0. The van der Waals surface area contributed by atoms with Crippen molar-refractivity contribution in [2.75, 3.05) is 31.1 Å². The van der Waals surface area contributed by atoms with E-state index in [0.29, 0.717) is 37.7 Å². The number of hydrogen-bond acceptors (Lipinski definition) is 8. The highest BCUT2D eigenvalue weighted by Gasteiger charge is 2.28. The molecule has 4 aromatic rings. The SMILES string of the molecule is O=C(c1cc(Cn2c(=O)[nH]c(=O)c3c(F)cccc32)ccc1[N+](=O)[O-])N1CCN(c2ncccn2)CC1. The van der Waals surface area contributed by atoms with E-state index in [4.69, 9.17) is 0 Å². The van der Waals surface area contributed by atoms with Crippen molar-refractivity contribution < 1.29 is 14.1 Å². The van der Waals surface area contributed by atoms with Crippen molar-refractivity contribution in [2.45, 2.75) is 6.54 Å². The van der Waals surface area contributed by atoms with Crippen LogP contribution in [0.2, 0.25) is 0 Å². The van der Waals surface area contributed by atoms with E-state index in [1.54, 1.807) is 18.5 Å². The van der Waals surface area contributed by atoms with Gasteiger partial charge in [0.1, 0.15) is 11.4 Å². The number of nitrogens with one attached hydrogen (secondary N) is 1. The summed E-state index contributed by atoms with van der Waals surface area (Å²) in [7, 11) is 0. The van der Waals surface area contributed by atoms with Gasteiger partial charge in [0.15, 0.2) is 0 Å². The van der Waals surface area contributed by atoms with Gasteiger partial charge in [0.2, 0.25) is 5.95 Å². The van der Waals surface area contributed by atoms with Gasteiger partial charge in [0.25, 0.3) is 17.2 Å². The first-order chi connectivity index (χ1) is 17.8. The Balaban J connectivity index is 1.45. The molecule has 188 valence electrons. The minimum absolute atomic E-state index is 0.0687. The van der Waals surface area contributed by atoms with Gasteiger partial charge >= 0.3 is 5.69 Å². The maximum Gasteiger partial charge on any atom is 0.329 e. The Morgan fingerprint density at radius 3 is 2.49 bits per heavy atom. The smallest absolute Gasteiger partial charge is 0.329 e. The number of nitro benzene ring substituents is 1. The van der Waals surface area contributed by atoms with Crippen molar-refractivity contribution >= 4 is 28.4 Å². The van der Waals surface area contributed by atoms with Gasteiger partial charge < -0.3 is 9.80 Å². The third kappa shape index (κ3) is 4.53. The summed E-state index contributed by atoms with van der Waals surface area (Å²) in [6, 6.07) is 9.60. The lowest BCUT2D eigenvalue weighted by Gasteiger charge is -2.34. The number of rotatable bonds is 5. The number of hydrogen-bond donors (Lipinski definition) is 1. The summed E-state index contributed by atoms with van der Waals surface area (Å²) in [5.74, 6) is -0.767. The Hall–Kier alpha value is -4.94. The maximum absolute atomic E-state index is 14.3. The first-order valence-electron chi connectivity index (χ1n) is 11.3. The number of anilines is 1. The quantitative estimate of drug-likeness (QED) is 0.317. The molecule has 3 heterocycles. The van der Waals surface area contributed by atoms with Gasteiger partial charge in [-0.05, 0) is 29.8 Å². The van der Waals surface area contributed by atoms with E-state index in [2.05, 4.69) is 15.0 Å². The van der Waals surface area contributed by atoms with Crippen LogP contribution < -0.4 is 16.1 Å². The van der Waals surface area contributed by atoms with E-state index >= 15 is 0 Å². The second kappa shape index (κ2) is 9.60. The van der Waals surface area contributed by atoms with Crippen LogP contribution in [0.3, 0.4) is 0 Å². The topological polar surface area (TPSA) is 147 Å².